The zero-order chi connectivity index (χ0) is 20.1. The summed E-state index contributed by atoms with van der Waals surface area (Å²) in [5, 5.41) is 10.8. The smallest absolute Gasteiger partial charge is 0.272 e. The summed E-state index contributed by atoms with van der Waals surface area (Å²) in [5.74, 6) is 0.228. The van der Waals surface area contributed by atoms with Gasteiger partial charge in [-0.25, -0.2) is 0 Å². The molecule has 0 aliphatic carbocycles. The van der Waals surface area contributed by atoms with Crippen molar-refractivity contribution in [2.45, 2.75) is 6.54 Å². The van der Waals surface area contributed by atoms with Gasteiger partial charge in [0.25, 0.3) is 11.6 Å². The van der Waals surface area contributed by atoms with Crippen LogP contribution in [0.1, 0.15) is 5.56 Å². The molecule has 0 saturated carbocycles. The van der Waals surface area contributed by atoms with Gasteiger partial charge >= 0.3 is 0 Å². The number of fused-ring (bicyclic) bond motifs is 1. The van der Waals surface area contributed by atoms with E-state index in [0.717, 1.165) is 10.2 Å². The molecule has 3 aromatic rings. The van der Waals surface area contributed by atoms with Gasteiger partial charge in [-0.1, -0.05) is 35.6 Å². The molecule has 7 nitrogen and oxygen atoms in total. The summed E-state index contributed by atoms with van der Waals surface area (Å²) in [4.78, 5) is 27.4. The van der Waals surface area contributed by atoms with Crippen LogP contribution in [0.15, 0.2) is 66.2 Å². The van der Waals surface area contributed by atoms with Crippen LogP contribution in [-0.4, -0.2) is 22.5 Å². The maximum atomic E-state index is 12.3. The molecular formula is C20H17N3O4S. The third-order valence-electron chi connectivity index (χ3n) is 3.90. The maximum absolute atomic E-state index is 12.3. The van der Waals surface area contributed by atoms with Gasteiger partial charge in [0.2, 0.25) is 0 Å². The number of para-hydroxylation sites is 1. The summed E-state index contributed by atoms with van der Waals surface area (Å²) in [6.45, 7) is 4.24. The second-order valence-electron chi connectivity index (χ2n) is 5.73. The number of carbonyl (C=O) groups is 1. The molecule has 8 heteroatoms. The molecule has 0 aliphatic heterocycles. The molecule has 0 fully saturated rings. The lowest BCUT2D eigenvalue weighted by Gasteiger charge is -2.05. The van der Waals surface area contributed by atoms with Crippen molar-refractivity contribution in [1.82, 2.24) is 4.57 Å². The SMILES string of the molecule is C=CCn1c(=NC(=O)/C=C/c2cccc([N+](=O)[O-])c2)sc2cccc(OC)c21. The molecule has 1 amide bonds. The summed E-state index contributed by atoms with van der Waals surface area (Å²) in [6.07, 6.45) is 4.52. The van der Waals surface area contributed by atoms with Crippen LogP contribution in [0.3, 0.4) is 0 Å². The molecule has 0 saturated heterocycles. The number of thiazole rings is 1. The lowest BCUT2D eigenvalue weighted by molar-refractivity contribution is -0.384. The molecule has 0 N–H and O–H groups in total. The number of aromatic nitrogens is 1. The molecule has 3 rings (SSSR count). The van der Waals surface area contributed by atoms with E-state index in [0.29, 0.717) is 22.7 Å². The fourth-order valence-corrected chi connectivity index (χ4v) is 3.75. The van der Waals surface area contributed by atoms with Crippen LogP contribution >= 0.6 is 11.3 Å². The lowest BCUT2D eigenvalue weighted by Crippen LogP contribution is -2.15. The van der Waals surface area contributed by atoms with Crippen LogP contribution in [0.25, 0.3) is 16.3 Å². The number of non-ortho nitro benzene ring substituents is 1. The number of rotatable bonds is 6. The average Bonchev–Trinajstić information content (AvgIpc) is 3.04. The molecule has 1 aromatic heterocycles. The predicted molar refractivity (Wildman–Crippen MR) is 109 cm³/mol. The van der Waals surface area contributed by atoms with Crippen molar-refractivity contribution in [2.75, 3.05) is 7.11 Å². The summed E-state index contributed by atoms with van der Waals surface area (Å²) < 4.78 is 8.23. The number of methoxy groups -OCH3 is 1. The number of hydrogen-bond acceptors (Lipinski definition) is 5. The van der Waals surface area contributed by atoms with Crippen molar-refractivity contribution in [3.63, 3.8) is 0 Å². The minimum absolute atomic E-state index is 0.0352. The topological polar surface area (TPSA) is 86.7 Å². The Morgan fingerprint density at radius 2 is 2.14 bits per heavy atom. The van der Waals surface area contributed by atoms with Gasteiger partial charge in [-0.15, -0.1) is 6.58 Å². The van der Waals surface area contributed by atoms with E-state index in [1.807, 2.05) is 22.8 Å². The van der Waals surface area contributed by atoms with Gasteiger partial charge in [-0.3, -0.25) is 14.9 Å². The number of carbonyl (C=O) groups excluding carboxylic acids is 1. The quantitative estimate of drug-likeness (QED) is 0.274. The standard InChI is InChI=1S/C20H17N3O4S/c1-3-12-22-19-16(27-2)8-5-9-17(19)28-20(22)21-18(24)11-10-14-6-4-7-15(13-14)23(25)26/h3-11,13H,1,12H2,2H3/b11-10+,21-20?. The minimum Gasteiger partial charge on any atom is -0.495 e. The van der Waals surface area contributed by atoms with Gasteiger partial charge in [0, 0.05) is 24.8 Å². The number of benzene rings is 2. The number of nitro groups is 1. The van der Waals surface area contributed by atoms with Gasteiger partial charge in [-0.05, 0) is 23.8 Å². The Kier molecular flexibility index (Phi) is 5.81. The molecule has 28 heavy (non-hydrogen) atoms. The summed E-state index contributed by atoms with van der Waals surface area (Å²) >= 11 is 1.37. The Bertz CT molecular complexity index is 1160. The molecule has 142 valence electrons. The van der Waals surface area contributed by atoms with E-state index < -0.39 is 10.8 Å². The van der Waals surface area contributed by atoms with Gasteiger partial charge < -0.3 is 9.30 Å². The summed E-state index contributed by atoms with van der Waals surface area (Å²) in [5.41, 5.74) is 1.37. The van der Waals surface area contributed by atoms with Crippen LogP contribution in [0, 0.1) is 10.1 Å². The van der Waals surface area contributed by atoms with E-state index in [2.05, 4.69) is 11.6 Å². The Morgan fingerprint density at radius 3 is 2.86 bits per heavy atom. The number of hydrogen-bond donors (Lipinski definition) is 0. The molecule has 0 unspecified atom stereocenters. The first-order valence-electron chi connectivity index (χ1n) is 8.32. The Morgan fingerprint density at radius 1 is 1.36 bits per heavy atom. The zero-order valence-corrected chi connectivity index (χ0v) is 15.9. The number of amides is 1. The van der Waals surface area contributed by atoms with Crippen molar-refractivity contribution in [2.24, 2.45) is 4.99 Å². The summed E-state index contributed by atoms with van der Waals surface area (Å²) in [7, 11) is 1.59. The monoisotopic (exact) mass is 395 g/mol. The highest BCUT2D eigenvalue weighted by molar-refractivity contribution is 7.16. The maximum Gasteiger partial charge on any atom is 0.272 e. The van der Waals surface area contributed by atoms with E-state index in [4.69, 9.17) is 4.74 Å². The molecule has 2 aromatic carbocycles. The van der Waals surface area contributed by atoms with E-state index in [1.165, 1.54) is 35.6 Å². The van der Waals surface area contributed by atoms with Crippen molar-refractivity contribution in [3.8, 4) is 5.75 Å². The largest absolute Gasteiger partial charge is 0.495 e. The Labute approximate surface area is 164 Å². The van der Waals surface area contributed by atoms with E-state index >= 15 is 0 Å². The van der Waals surface area contributed by atoms with Crippen molar-refractivity contribution in [1.29, 1.82) is 0 Å². The normalized spacial score (nSPS) is 11.8. The fraction of sp³-hybridized carbons (Fsp3) is 0.100. The van der Waals surface area contributed by atoms with E-state index in [9.17, 15) is 14.9 Å². The number of nitrogens with zero attached hydrogens (tertiary/aromatic N) is 3. The molecule has 1 heterocycles. The van der Waals surface area contributed by atoms with E-state index in [-0.39, 0.29) is 5.69 Å². The molecule has 0 aliphatic rings. The predicted octanol–water partition coefficient (Wildman–Crippen LogP) is 3.95. The number of allylic oxidation sites excluding steroid dienone is 1. The molecule has 0 atom stereocenters. The van der Waals surface area contributed by atoms with Crippen LogP contribution in [0.4, 0.5) is 5.69 Å². The third-order valence-corrected chi connectivity index (χ3v) is 4.94. The average molecular weight is 395 g/mol. The Balaban J connectivity index is 1.98. The zero-order valence-electron chi connectivity index (χ0n) is 15.1. The van der Waals surface area contributed by atoms with Crippen molar-refractivity contribution in [3.05, 3.63) is 81.7 Å². The van der Waals surface area contributed by atoms with Crippen LogP contribution < -0.4 is 9.54 Å². The highest BCUT2D eigenvalue weighted by Gasteiger charge is 2.11. The first kappa shape index (κ1) is 19.2. The minimum atomic E-state index is -0.480. The first-order chi connectivity index (χ1) is 13.5. The molecular weight excluding hydrogens is 378 g/mol. The van der Waals surface area contributed by atoms with Crippen LogP contribution in [0.5, 0.6) is 5.75 Å². The summed E-state index contributed by atoms with van der Waals surface area (Å²) in [6, 6.07) is 11.7. The van der Waals surface area contributed by atoms with Crippen molar-refractivity contribution < 1.29 is 14.5 Å². The van der Waals surface area contributed by atoms with Gasteiger partial charge in [-0.2, -0.15) is 4.99 Å². The van der Waals surface area contributed by atoms with E-state index in [1.54, 1.807) is 25.3 Å². The number of nitro benzene ring substituents is 1. The first-order valence-corrected chi connectivity index (χ1v) is 9.13. The van der Waals surface area contributed by atoms with Crippen LogP contribution in [0.2, 0.25) is 0 Å². The molecule has 0 spiro atoms. The van der Waals surface area contributed by atoms with Gasteiger partial charge in [0.05, 0.1) is 16.7 Å². The second kappa shape index (κ2) is 8.45. The second-order valence-corrected chi connectivity index (χ2v) is 6.74. The fourth-order valence-electron chi connectivity index (χ4n) is 2.69. The molecule has 0 radical (unpaired) electrons. The lowest BCUT2D eigenvalue weighted by atomic mass is 10.2. The number of ether oxygens (including phenoxy) is 1. The van der Waals surface area contributed by atoms with Crippen molar-refractivity contribution >= 4 is 39.2 Å². The highest BCUT2D eigenvalue weighted by Crippen LogP contribution is 2.27. The van der Waals surface area contributed by atoms with Gasteiger partial charge in [0.15, 0.2) is 4.80 Å². The van der Waals surface area contributed by atoms with Crippen LogP contribution in [-0.2, 0) is 11.3 Å². The highest BCUT2D eigenvalue weighted by atomic mass is 32.1. The van der Waals surface area contributed by atoms with Gasteiger partial charge in [0.1, 0.15) is 11.3 Å². The molecule has 0 bridgehead atoms. The Hall–Kier alpha value is -3.52. The third kappa shape index (κ3) is 4.07.